The van der Waals surface area contributed by atoms with Gasteiger partial charge in [0.25, 0.3) is 5.56 Å². The zero-order valence-electron chi connectivity index (χ0n) is 14.0. The number of aromatic nitrogens is 2. The van der Waals surface area contributed by atoms with Gasteiger partial charge in [0, 0.05) is 19.6 Å². The average molecular weight is 328 g/mol. The first-order valence-corrected chi connectivity index (χ1v) is 8.70. The van der Waals surface area contributed by atoms with Gasteiger partial charge in [-0.1, -0.05) is 25.5 Å². The zero-order chi connectivity index (χ0) is 16.9. The quantitative estimate of drug-likeness (QED) is 0.824. The SMILES string of the molecule is CCCCNC(=O)C1CCCN(c2nc3ccccc3c(=O)[nH]2)C1. The lowest BCUT2D eigenvalue weighted by molar-refractivity contribution is -0.125. The fraction of sp³-hybridized carbons (Fsp3) is 0.500. The first-order valence-electron chi connectivity index (χ1n) is 8.70. The fourth-order valence-electron chi connectivity index (χ4n) is 3.14. The number of hydrogen-bond acceptors (Lipinski definition) is 4. The predicted octanol–water partition coefficient (Wildman–Crippen LogP) is 2.06. The van der Waals surface area contributed by atoms with Crippen LogP contribution in [-0.4, -0.2) is 35.5 Å². The monoisotopic (exact) mass is 328 g/mol. The molecule has 24 heavy (non-hydrogen) atoms. The molecule has 1 aliphatic heterocycles. The van der Waals surface area contributed by atoms with Crippen LogP contribution in [0.25, 0.3) is 10.9 Å². The van der Waals surface area contributed by atoms with Gasteiger partial charge in [0.1, 0.15) is 0 Å². The molecule has 1 amide bonds. The largest absolute Gasteiger partial charge is 0.356 e. The van der Waals surface area contributed by atoms with E-state index in [2.05, 4.69) is 22.2 Å². The summed E-state index contributed by atoms with van der Waals surface area (Å²) in [6.45, 7) is 4.24. The van der Waals surface area contributed by atoms with Crippen molar-refractivity contribution in [1.29, 1.82) is 0 Å². The minimum Gasteiger partial charge on any atom is -0.356 e. The topological polar surface area (TPSA) is 78.1 Å². The van der Waals surface area contributed by atoms with Crippen LogP contribution in [0.1, 0.15) is 32.6 Å². The molecule has 1 aliphatic rings. The third kappa shape index (κ3) is 3.58. The summed E-state index contributed by atoms with van der Waals surface area (Å²) in [7, 11) is 0. The minimum atomic E-state index is -0.134. The standard InChI is InChI=1S/C18H24N4O2/c1-2-3-10-19-16(23)13-7-6-11-22(12-13)18-20-15-9-5-4-8-14(15)17(24)21-18/h4-5,8-9,13H,2-3,6-7,10-12H2,1H3,(H,19,23)(H,20,21,24). The van der Waals surface area contributed by atoms with Gasteiger partial charge in [0.2, 0.25) is 11.9 Å². The highest BCUT2D eigenvalue weighted by Gasteiger charge is 2.27. The lowest BCUT2D eigenvalue weighted by Gasteiger charge is -2.32. The molecule has 3 rings (SSSR count). The van der Waals surface area contributed by atoms with Crippen LogP contribution in [0.3, 0.4) is 0 Å². The van der Waals surface area contributed by atoms with Gasteiger partial charge in [-0.3, -0.25) is 14.6 Å². The number of hydrogen-bond donors (Lipinski definition) is 2. The summed E-state index contributed by atoms with van der Waals surface area (Å²) in [5.74, 6) is 0.619. The zero-order valence-corrected chi connectivity index (χ0v) is 14.0. The number of rotatable bonds is 5. The molecule has 2 heterocycles. The third-order valence-corrected chi connectivity index (χ3v) is 4.52. The molecule has 1 aromatic carbocycles. The van der Waals surface area contributed by atoms with Crippen molar-refractivity contribution in [2.75, 3.05) is 24.5 Å². The summed E-state index contributed by atoms with van der Waals surface area (Å²) in [4.78, 5) is 34.0. The van der Waals surface area contributed by atoms with Crippen molar-refractivity contribution in [1.82, 2.24) is 15.3 Å². The van der Waals surface area contributed by atoms with Crippen LogP contribution in [-0.2, 0) is 4.79 Å². The number of piperidine rings is 1. The number of aromatic amines is 1. The van der Waals surface area contributed by atoms with Crippen LogP contribution in [0.15, 0.2) is 29.1 Å². The Hall–Kier alpha value is -2.37. The number of carbonyl (C=O) groups excluding carboxylic acids is 1. The van der Waals surface area contributed by atoms with Gasteiger partial charge >= 0.3 is 0 Å². The van der Waals surface area contributed by atoms with Crippen molar-refractivity contribution in [3.63, 3.8) is 0 Å². The van der Waals surface area contributed by atoms with E-state index in [1.165, 1.54) is 0 Å². The summed E-state index contributed by atoms with van der Waals surface area (Å²) in [6, 6.07) is 7.31. The van der Waals surface area contributed by atoms with Crippen LogP contribution in [0.5, 0.6) is 0 Å². The molecule has 1 atom stereocenters. The van der Waals surface area contributed by atoms with Gasteiger partial charge < -0.3 is 10.2 Å². The first kappa shape index (κ1) is 16.5. The summed E-state index contributed by atoms with van der Waals surface area (Å²) < 4.78 is 0. The number of H-pyrrole nitrogens is 1. The van der Waals surface area contributed by atoms with Crippen molar-refractivity contribution in [2.45, 2.75) is 32.6 Å². The predicted molar refractivity (Wildman–Crippen MR) is 95.2 cm³/mol. The number of unbranched alkanes of at least 4 members (excludes halogenated alkanes) is 1. The normalized spacial score (nSPS) is 17.9. The van der Waals surface area contributed by atoms with Crippen molar-refractivity contribution in [3.05, 3.63) is 34.6 Å². The third-order valence-electron chi connectivity index (χ3n) is 4.52. The molecule has 0 bridgehead atoms. The van der Waals surface area contributed by atoms with E-state index >= 15 is 0 Å². The molecule has 0 saturated carbocycles. The molecule has 1 saturated heterocycles. The Balaban J connectivity index is 1.75. The Bertz CT molecular complexity index is 771. The summed E-state index contributed by atoms with van der Waals surface area (Å²) in [5.41, 5.74) is 0.552. The minimum absolute atomic E-state index is 0.0487. The van der Waals surface area contributed by atoms with E-state index in [1.54, 1.807) is 6.07 Å². The van der Waals surface area contributed by atoms with Crippen LogP contribution >= 0.6 is 0 Å². The highest BCUT2D eigenvalue weighted by atomic mass is 16.2. The molecular weight excluding hydrogens is 304 g/mol. The number of para-hydroxylation sites is 1. The molecule has 2 aromatic rings. The smallest absolute Gasteiger partial charge is 0.260 e. The summed E-state index contributed by atoms with van der Waals surface area (Å²) >= 11 is 0. The second-order valence-electron chi connectivity index (χ2n) is 6.34. The molecular formula is C18H24N4O2. The Kier molecular flexibility index (Phi) is 5.13. The van der Waals surface area contributed by atoms with Gasteiger partial charge in [-0.05, 0) is 31.4 Å². The number of carbonyl (C=O) groups is 1. The van der Waals surface area contributed by atoms with Crippen molar-refractivity contribution >= 4 is 22.8 Å². The van der Waals surface area contributed by atoms with Gasteiger partial charge in [0.15, 0.2) is 0 Å². The summed E-state index contributed by atoms with van der Waals surface area (Å²) in [5, 5.41) is 3.60. The van der Waals surface area contributed by atoms with Crippen LogP contribution < -0.4 is 15.8 Å². The van der Waals surface area contributed by atoms with Crippen molar-refractivity contribution in [3.8, 4) is 0 Å². The second-order valence-corrected chi connectivity index (χ2v) is 6.34. The van der Waals surface area contributed by atoms with E-state index < -0.39 is 0 Å². The molecule has 0 aliphatic carbocycles. The van der Waals surface area contributed by atoms with E-state index in [-0.39, 0.29) is 17.4 Å². The Morgan fingerprint density at radius 1 is 1.42 bits per heavy atom. The summed E-state index contributed by atoms with van der Waals surface area (Å²) in [6.07, 6.45) is 3.87. The van der Waals surface area contributed by atoms with Gasteiger partial charge in [0.05, 0.1) is 16.8 Å². The molecule has 0 radical (unpaired) electrons. The fourth-order valence-corrected chi connectivity index (χ4v) is 3.14. The lowest BCUT2D eigenvalue weighted by Crippen LogP contribution is -2.44. The Morgan fingerprint density at radius 3 is 3.08 bits per heavy atom. The average Bonchev–Trinajstić information content (AvgIpc) is 2.62. The number of nitrogens with one attached hydrogen (secondary N) is 2. The molecule has 1 unspecified atom stereocenters. The molecule has 1 fully saturated rings. The number of nitrogens with zero attached hydrogens (tertiary/aromatic N) is 2. The number of fused-ring (bicyclic) bond motifs is 1. The maximum atomic E-state index is 12.3. The van der Waals surface area contributed by atoms with E-state index in [1.807, 2.05) is 23.1 Å². The Labute approximate surface area is 141 Å². The second kappa shape index (κ2) is 7.47. The van der Waals surface area contributed by atoms with Gasteiger partial charge in [-0.25, -0.2) is 4.98 Å². The Morgan fingerprint density at radius 2 is 2.25 bits per heavy atom. The molecule has 0 spiro atoms. The molecule has 6 heteroatoms. The van der Waals surface area contributed by atoms with Crippen LogP contribution in [0.2, 0.25) is 0 Å². The highest BCUT2D eigenvalue weighted by Crippen LogP contribution is 2.21. The molecule has 6 nitrogen and oxygen atoms in total. The lowest BCUT2D eigenvalue weighted by atomic mass is 9.97. The van der Waals surface area contributed by atoms with Gasteiger partial charge in [-0.15, -0.1) is 0 Å². The van der Waals surface area contributed by atoms with E-state index in [0.717, 1.165) is 38.8 Å². The molecule has 1 aromatic heterocycles. The maximum Gasteiger partial charge on any atom is 0.260 e. The molecule has 128 valence electrons. The van der Waals surface area contributed by atoms with E-state index in [0.29, 0.717) is 23.4 Å². The number of anilines is 1. The van der Waals surface area contributed by atoms with Gasteiger partial charge in [-0.2, -0.15) is 0 Å². The van der Waals surface area contributed by atoms with Crippen molar-refractivity contribution in [2.24, 2.45) is 5.92 Å². The number of amides is 1. The van der Waals surface area contributed by atoms with E-state index in [9.17, 15) is 9.59 Å². The van der Waals surface area contributed by atoms with Crippen LogP contribution in [0, 0.1) is 5.92 Å². The molecule has 2 N–H and O–H groups in total. The number of benzene rings is 1. The highest BCUT2D eigenvalue weighted by molar-refractivity contribution is 5.80. The van der Waals surface area contributed by atoms with E-state index in [4.69, 9.17) is 0 Å². The first-order chi connectivity index (χ1) is 11.7. The maximum absolute atomic E-state index is 12.3. The van der Waals surface area contributed by atoms with Crippen LogP contribution in [0.4, 0.5) is 5.95 Å². The van der Waals surface area contributed by atoms with Crippen molar-refractivity contribution < 1.29 is 4.79 Å².